The number of ether oxygens (including phenoxy) is 1. The Morgan fingerprint density at radius 2 is 2.06 bits per heavy atom. The third kappa shape index (κ3) is 6.32. The van der Waals surface area contributed by atoms with Crippen molar-refractivity contribution in [3.63, 3.8) is 0 Å². The van der Waals surface area contributed by atoms with E-state index in [9.17, 15) is 9.59 Å². The van der Waals surface area contributed by atoms with Gasteiger partial charge in [0.05, 0.1) is 23.5 Å². The van der Waals surface area contributed by atoms with Gasteiger partial charge < -0.3 is 15.4 Å². The standard InChI is InChI=1S/C22H28Br2N4O3/c1-13(16-6-5-15(23)10-18(16)24)27-20(29)17-12-26-28-8-7-14(9-19(17)28)11-25-21(30)31-22(2,3)4/h5-6,10,12-14H,7-9,11H2,1-4H3,(H,25,30)(H,27,29). The highest BCUT2D eigenvalue weighted by Crippen LogP contribution is 2.28. The minimum Gasteiger partial charge on any atom is -0.444 e. The second kappa shape index (κ2) is 9.73. The Hall–Kier alpha value is -1.87. The molecule has 0 radical (unpaired) electrons. The number of alkyl carbamates (subject to hydrolysis) is 1. The number of aryl methyl sites for hydroxylation is 1. The second-order valence-electron chi connectivity index (χ2n) is 8.83. The number of rotatable bonds is 5. The van der Waals surface area contributed by atoms with Gasteiger partial charge in [-0.2, -0.15) is 5.10 Å². The molecule has 1 aromatic carbocycles. The van der Waals surface area contributed by atoms with E-state index in [1.165, 1.54) is 0 Å². The number of carbonyl (C=O) groups excluding carboxylic acids is 2. The van der Waals surface area contributed by atoms with E-state index in [-0.39, 0.29) is 17.9 Å². The molecule has 2 unspecified atom stereocenters. The molecular weight excluding hydrogens is 528 g/mol. The molecule has 0 fully saturated rings. The second-order valence-corrected chi connectivity index (χ2v) is 10.6. The van der Waals surface area contributed by atoms with Crippen molar-refractivity contribution < 1.29 is 14.3 Å². The average molecular weight is 556 g/mol. The Kier molecular flexibility index (Phi) is 7.47. The summed E-state index contributed by atoms with van der Waals surface area (Å²) in [7, 11) is 0. The smallest absolute Gasteiger partial charge is 0.407 e. The Morgan fingerprint density at radius 3 is 2.74 bits per heavy atom. The van der Waals surface area contributed by atoms with Crippen LogP contribution in [0.4, 0.5) is 4.79 Å². The first-order valence-electron chi connectivity index (χ1n) is 10.3. The molecule has 1 aliphatic heterocycles. The third-order valence-corrected chi connectivity index (χ3v) is 6.32. The normalized spacial score (nSPS) is 16.9. The lowest BCUT2D eigenvalue weighted by atomic mass is 9.94. The van der Waals surface area contributed by atoms with Crippen LogP contribution in [0.1, 0.15) is 61.8 Å². The molecule has 1 aromatic heterocycles. The van der Waals surface area contributed by atoms with Gasteiger partial charge in [0.2, 0.25) is 0 Å². The molecular formula is C22H28Br2N4O3. The Labute approximate surface area is 199 Å². The van der Waals surface area contributed by atoms with Crippen LogP contribution >= 0.6 is 31.9 Å². The van der Waals surface area contributed by atoms with Gasteiger partial charge in [-0.05, 0) is 64.2 Å². The highest BCUT2D eigenvalue weighted by atomic mass is 79.9. The number of carbonyl (C=O) groups is 2. The van der Waals surface area contributed by atoms with Gasteiger partial charge in [0.1, 0.15) is 5.60 Å². The highest BCUT2D eigenvalue weighted by molar-refractivity contribution is 9.11. The molecule has 2 aromatic rings. The molecule has 7 nitrogen and oxygen atoms in total. The molecule has 168 valence electrons. The van der Waals surface area contributed by atoms with Crippen LogP contribution < -0.4 is 10.6 Å². The summed E-state index contributed by atoms with van der Waals surface area (Å²) in [6, 6.07) is 5.72. The van der Waals surface area contributed by atoms with E-state index in [4.69, 9.17) is 4.74 Å². The number of benzene rings is 1. The SMILES string of the molecule is CC(NC(=O)c1cnn2c1CC(CNC(=O)OC(C)(C)C)CC2)c1ccc(Br)cc1Br. The average Bonchev–Trinajstić information content (AvgIpc) is 3.08. The molecule has 0 saturated heterocycles. The summed E-state index contributed by atoms with van der Waals surface area (Å²) < 4.78 is 9.10. The molecule has 9 heteroatoms. The molecule has 0 bridgehead atoms. The van der Waals surface area contributed by atoms with Gasteiger partial charge in [0, 0.05) is 22.0 Å². The number of nitrogens with one attached hydrogen (secondary N) is 2. The van der Waals surface area contributed by atoms with Crippen molar-refractivity contribution in [1.82, 2.24) is 20.4 Å². The van der Waals surface area contributed by atoms with E-state index in [0.717, 1.165) is 33.2 Å². The van der Waals surface area contributed by atoms with Crippen molar-refractivity contribution in [2.45, 2.75) is 58.7 Å². The number of fused-ring (bicyclic) bond motifs is 1. The number of hydrogen-bond donors (Lipinski definition) is 2. The molecule has 2 N–H and O–H groups in total. The van der Waals surface area contributed by atoms with E-state index in [1.807, 2.05) is 50.6 Å². The van der Waals surface area contributed by atoms with Crippen molar-refractivity contribution in [2.24, 2.45) is 5.92 Å². The monoisotopic (exact) mass is 554 g/mol. The van der Waals surface area contributed by atoms with Gasteiger partial charge >= 0.3 is 6.09 Å². The third-order valence-electron chi connectivity index (χ3n) is 5.14. The lowest BCUT2D eigenvalue weighted by molar-refractivity contribution is 0.0516. The summed E-state index contributed by atoms with van der Waals surface area (Å²) in [5.74, 6) is 0.0747. The van der Waals surface area contributed by atoms with Gasteiger partial charge in [-0.25, -0.2) is 4.79 Å². The van der Waals surface area contributed by atoms with Crippen LogP contribution in [0.5, 0.6) is 0 Å². The van der Waals surface area contributed by atoms with Gasteiger partial charge in [-0.15, -0.1) is 0 Å². The van der Waals surface area contributed by atoms with E-state index < -0.39 is 11.7 Å². The van der Waals surface area contributed by atoms with Crippen LogP contribution in [0.2, 0.25) is 0 Å². The van der Waals surface area contributed by atoms with Gasteiger partial charge in [-0.3, -0.25) is 9.48 Å². The summed E-state index contributed by atoms with van der Waals surface area (Å²) in [6.45, 7) is 8.69. The molecule has 0 aliphatic carbocycles. The number of nitrogens with zero attached hydrogens (tertiary/aromatic N) is 2. The Morgan fingerprint density at radius 1 is 1.32 bits per heavy atom. The quantitative estimate of drug-likeness (QED) is 0.544. The number of aromatic nitrogens is 2. The summed E-state index contributed by atoms with van der Waals surface area (Å²) in [6.07, 6.45) is 2.78. The largest absolute Gasteiger partial charge is 0.444 e. The molecule has 2 atom stereocenters. The Balaban J connectivity index is 1.63. The Bertz CT molecular complexity index is 968. The van der Waals surface area contributed by atoms with E-state index in [0.29, 0.717) is 18.5 Å². The molecule has 1 aliphatic rings. The molecule has 0 spiro atoms. The zero-order chi connectivity index (χ0) is 22.8. The zero-order valence-corrected chi connectivity index (χ0v) is 21.3. The maximum Gasteiger partial charge on any atom is 0.407 e. The fourth-order valence-electron chi connectivity index (χ4n) is 3.61. The van der Waals surface area contributed by atoms with Crippen LogP contribution in [0, 0.1) is 5.92 Å². The minimum atomic E-state index is -0.527. The molecule has 2 heterocycles. The zero-order valence-electron chi connectivity index (χ0n) is 18.2. The van der Waals surface area contributed by atoms with Gasteiger partial charge in [-0.1, -0.05) is 37.9 Å². The lowest BCUT2D eigenvalue weighted by Gasteiger charge is -2.25. The number of halogens is 2. The van der Waals surface area contributed by atoms with Crippen molar-refractivity contribution in [3.8, 4) is 0 Å². The lowest BCUT2D eigenvalue weighted by Crippen LogP contribution is -2.37. The summed E-state index contributed by atoms with van der Waals surface area (Å²) in [5, 5.41) is 10.3. The molecule has 31 heavy (non-hydrogen) atoms. The number of amides is 2. The van der Waals surface area contributed by atoms with Crippen LogP contribution in [0.3, 0.4) is 0 Å². The van der Waals surface area contributed by atoms with Crippen LogP contribution in [-0.4, -0.2) is 33.9 Å². The topological polar surface area (TPSA) is 85.3 Å². The first-order valence-corrected chi connectivity index (χ1v) is 11.9. The van der Waals surface area contributed by atoms with Gasteiger partial charge in [0.15, 0.2) is 0 Å². The van der Waals surface area contributed by atoms with Gasteiger partial charge in [0.25, 0.3) is 5.91 Å². The van der Waals surface area contributed by atoms with E-state index in [2.05, 4.69) is 47.6 Å². The first kappa shape index (κ1) is 23.8. The van der Waals surface area contributed by atoms with Crippen LogP contribution in [0.15, 0.2) is 33.3 Å². The maximum atomic E-state index is 13.0. The van der Waals surface area contributed by atoms with Crippen LogP contribution in [-0.2, 0) is 17.7 Å². The number of hydrogen-bond acceptors (Lipinski definition) is 4. The summed E-state index contributed by atoms with van der Waals surface area (Å²) >= 11 is 7.01. The fraction of sp³-hybridized carbons (Fsp3) is 0.500. The van der Waals surface area contributed by atoms with Crippen molar-refractivity contribution in [2.75, 3.05) is 6.54 Å². The van der Waals surface area contributed by atoms with Crippen molar-refractivity contribution in [1.29, 1.82) is 0 Å². The van der Waals surface area contributed by atoms with E-state index in [1.54, 1.807) is 6.20 Å². The maximum absolute atomic E-state index is 13.0. The molecule has 3 rings (SSSR count). The molecule has 0 saturated carbocycles. The minimum absolute atomic E-state index is 0.149. The predicted octanol–water partition coefficient (Wildman–Crippen LogP) is 4.99. The van der Waals surface area contributed by atoms with Crippen molar-refractivity contribution in [3.05, 3.63) is 50.2 Å². The van der Waals surface area contributed by atoms with E-state index >= 15 is 0 Å². The predicted molar refractivity (Wildman–Crippen MR) is 126 cm³/mol. The first-order chi connectivity index (χ1) is 14.5. The summed E-state index contributed by atoms with van der Waals surface area (Å²) in [5.41, 5.74) is 1.96. The fourth-order valence-corrected chi connectivity index (χ4v) is 5.00. The van der Waals surface area contributed by atoms with Crippen molar-refractivity contribution >= 4 is 43.9 Å². The summed E-state index contributed by atoms with van der Waals surface area (Å²) in [4.78, 5) is 24.9. The highest BCUT2D eigenvalue weighted by Gasteiger charge is 2.27. The van der Waals surface area contributed by atoms with Crippen LogP contribution in [0.25, 0.3) is 0 Å². The molecule has 2 amide bonds.